The second kappa shape index (κ2) is 7.92. The lowest BCUT2D eigenvalue weighted by atomic mass is 10.2. The van der Waals surface area contributed by atoms with Crippen LogP contribution in [0.15, 0.2) is 18.2 Å². The van der Waals surface area contributed by atoms with Crippen LogP contribution in [0.1, 0.15) is 5.56 Å². The van der Waals surface area contributed by atoms with Crippen molar-refractivity contribution in [2.75, 3.05) is 34.5 Å². The van der Waals surface area contributed by atoms with E-state index in [0.717, 1.165) is 11.3 Å². The molecule has 18 heavy (non-hydrogen) atoms. The predicted octanol–water partition coefficient (Wildman–Crippen LogP) is 1.15. The van der Waals surface area contributed by atoms with Gasteiger partial charge in [0.25, 0.3) is 0 Å². The Balaban J connectivity index is 2.47. The van der Waals surface area contributed by atoms with Gasteiger partial charge in [0.1, 0.15) is 11.5 Å². The van der Waals surface area contributed by atoms with Crippen molar-refractivity contribution < 1.29 is 19.3 Å². The van der Waals surface area contributed by atoms with E-state index in [2.05, 4.69) is 5.32 Å². The minimum Gasteiger partial charge on any atom is -0.508 e. The molecular weight excluding hydrogens is 234 g/mol. The van der Waals surface area contributed by atoms with E-state index < -0.39 is 0 Å². The Morgan fingerprint density at radius 2 is 2.06 bits per heavy atom. The molecule has 0 bridgehead atoms. The average molecular weight is 255 g/mol. The highest BCUT2D eigenvalue weighted by Gasteiger charge is 2.07. The molecule has 5 nitrogen and oxygen atoms in total. The molecule has 0 aliphatic rings. The zero-order valence-corrected chi connectivity index (χ0v) is 11.1. The van der Waals surface area contributed by atoms with Gasteiger partial charge in [-0.15, -0.1) is 0 Å². The molecule has 5 heteroatoms. The second-order valence-electron chi connectivity index (χ2n) is 3.94. The first-order chi connectivity index (χ1) is 8.71. The summed E-state index contributed by atoms with van der Waals surface area (Å²) in [6.07, 6.45) is 0.00255. The van der Waals surface area contributed by atoms with Crippen molar-refractivity contribution in [1.29, 1.82) is 0 Å². The normalized spacial score (nSPS) is 12.4. The van der Waals surface area contributed by atoms with E-state index in [4.69, 9.17) is 14.2 Å². The third-order valence-electron chi connectivity index (χ3n) is 2.66. The predicted molar refractivity (Wildman–Crippen MR) is 69.0 cm³/mol. The van der Waals surface area contributed by atoms with Crippen molar-refractivity contribution in [1.82, 2.24) is 5.32 Å². The fourth-order valence-corrected chi connectivity index (χ4v) is 1.59. The summed E-state index contributed by atoms with van der Waals surface area (Å²) in [5.41, 5.74) is 0.793. The summed E-state index contributed by atoms with van der Waals surface area (Å²) in [6.45, 7) is 1.74. The SMILES string of the molecule is COCC(CNCc1cc(OC)ccc1O)OC. The second-order valence-corrected chi connectivity index (χ2v) is 3.94. The highest BCUT2D eigenvalue weighted by molar-refractivity contribution is 5.39. The summed E-state index contributed by atoms with van der Waals surface area (Å²) in [5.74, 6) is 0.980. The first kappa shape index (κ1) is 14.8. The molecule has 0 saturated heterocycles. The first-order valence-electron chi connectivity index (χ1n) is 5.79. The number of ether oxygens (including phenoxy) is 3. The minimum absolute atomic E-state index is 0.00255. The number of rotatable bonds is 8. The van der Waals surface area contributed by atoms with Crippen molar-refractivity contribution in [2.24, 2.45) is 0 Å². The summed E-state index contributed by atoms with van der Waals surface area (Å²) >= 11 is 0. The van der Waals surface area contributed by atoms with Gasteiger partial charge in [0.15, 0.2) is 0 Å². The van der Waals surface area contributed by atoms with Gasteiger partial charge in [-0.25, -0.2) is 0 Å². The highest BCUT2D eigenvalue weighted by atomic mass is 16.5. The van der Waals surface area contributed by atoms with Crippen LogP contribution in [0.4, 0.5) is 0 Å². The summed E-state index contributed by atoms with van der Waals surface area (Å²) in [5, 5.41) is 12.9. The Hall–Kier alpha value is -1.30. The van der Waals surface area contributed by atoms with Gasteiger partial charge in [0.05, 0.1) is 19.8 Å². The molecule has 1 aromatic carbocycles. The number of aromatic hydroxyl groups is 1. The molecule has 0 saturated carbocycles. The van der Waals surface area contributed by atoms with Crippen LogP contribution in [0.25, 0.3) is 0 Å². The molecule has 0 aromatic heterocycles. The van der Waals surface area contributed by atoms with Crippen molar-refractivity contribution in [3.63, 3.8) is 0 Å². The lowest BCUT2D eigenvalue weighted by molar-refractivity contribution is 0.0287. The molecule has 0 amide bonds. The fraction of sp³-hybridized carbons (Fsp3) is 0.538. The van der Waals surface area contributed by atoms with Crippen molar-refractivity contribution >= 4 is 0 Å². The molecule has 1 unspecified atom stereocenters. The molecule has 0 heterocycles. The lowest BCUT2D eigenvalue weighted by Crippen LogP contribution is -2.31. The van der Waals surface area contributed by atoms with Gasteiger partial charge in [-0.2, -0.15) is 0 Å². The summed E-state index contributed by atoms with van der Waals surface area (Å²) in [4.78, 5) is 0. The third-order valence-corrected chi connectivity index (χ3v) is 2.66. The Morgan fingerprint density at radius 1 is 1.28 bits per heavy atom. The maximum atomic E-state index is 9.70. The third kappa shape index (κ3) is 4.52. The van der Waals surface area contributed by atoms with Crippen LogP contribution < -0.4 is 10.1 Å². The molecule has 102 valence electrons. The van der Waals surface area contributed by atoms with E-state index in [9.17, 15) is 5.11 Å². The van der Waals surface area contributed by atoms with Crippen LogP contribution >= 0.6 is 0 Å². The standard InChI is InChI=1S/C13H21NO4/c1-16-9-12(18-3)8-14-7-10-6-11(17-2)4-5-13(10)15/h4-6,12,14-15H,7-9H2,1-3H3. The largest absolute Gasteiger partial charge is 0.508 e. The topological polar surface area (TPSA) is 60.0 Å². The summed E-state index contributed by atoms with van der Waals surface area (Å²) in [7, 11) is 4.89. The quantitative estimate of drug-likeness (QED) is 0.730. The van der Waals surface area contributed by atoms with Crippen LogP contribution in [0, 0.1) is 0 Å². The van der Waals surface area contributed by atoms with Gasteiger partial charge >= 0.3 is 0 Å². The highest BCUT2D eigenvalue weighted by Crippen LogP contribution is 2.22. The summed E-state index contributed by atoms with van der Waals surface area (Å²) in [6, 6.07) is 5.15. The Labute approximate surface area is 108 Å². The van der Waals surface area contributed by atoms with Crippen LogP contribution in [-0.2, 0) is 16.0 Å². The number of hydrogen-bond acceptors (Lipinski definition) is 5. The lowest BCUT2D eigenvalue weighted by Gasteiger charge is -2.15. The zero-order valence-electron chi connectivity index (χ0n) is 11.1. The van der Waals surface area contributed by atoms with Crippen molar-refractivity contribution in [2.45, 2.75) is 12.6 Å². The Kier molecular flexibility index (Phi) is 6.49. The molecule has 1 rings (SSSR count). The average Bonchev–Trinajstić information content (AvgIpc) is 2.39. The van der Waals surface area contributed by atoms with Crippen LogP contribution in [-0.4, -0.2) is 45.7 Å². The van der Waals surface area contributed by atoms with Gasteiger partial charge in [-0.1, -0.05) is 0 Å². The molecule has 0 radical (unpaired) electrons. The number of benzene rings is 1. The molecule has 1 atom stereocenters. The maximum Gasteiger partial charge on any atom is 0.120 e. The van der Waals surface area contributed by atoms with Crippen molar-refractivity contribution in [3.05, 3.63) is 23.8 Å². The molecule has 2 N–H and O–H groups in total. The maximum absolute atomic E-state index is 9.70. The molecule has 0 spiro atoms. The van der Waals surface area contributed by atoms with Crippen LogP contribution in [0.3, 0.4) is 0 Å². The molecule has 0 aliphatic heterocycles. The van der Waals surface area contributed by atoms with E-state index in [1.54, 1.807) is 39.5 Å². The van der Waals surface area contributed by atoms with Gasteiger partial charge in [-0.3, -0.25) is 0 Å². The Bertz CT molecular complexity index is 357. The first-order valence-corrected chi connectivity index (χ1v) is 5.79. The zero-order chi connectivity index (χ0) is 13.4. The monoisotopic (exact) mass is 255 g/mol. The van der Waals surface area contributed by atoms with Gasteiger partial charge in [0, 0.05) is 32.9 Å². The van der Waals surface area contributed by atoms with Crippen LogP contribution in [0.5, 0.6) is 11.5 Å². The van der Waals surface area contributed by atoms with Crippen LogP contribution in [0.2, 0.25) is 0 Å². The van der Waals surface area contributed by atoms with Gasteiger partial charge in [0.2, 0.25) is 0 Å². The molecule has 1 aromatic rings. The van der Waals surface area contributed by atoms with Crippen molar-refractivity contribution in [3.8, 4) is 11.5 Å². The minimum atomic E-state index is 0.00255. The smallest absolute Gasteiger partial charge is 0.120 e. The molecule has 0 fully saturated rings. The van der Waals surface area contributed by atoms with Gasteiger partial charge in [-0.05, 0) is 18.2 Å². The number of phenols is 1. The summed E-state index contributed by atoms with van der Waals surface area (Å²) < 4.78 is 15.4. The van der Waals surface area contributed by atoms with E-state index in [0.29, 0.717) is 19.7 Å². The van der Waals surface area contributed by atoms with E-state index in [-0.39, 0.29) is 11.9 Å². The Morgan fingerprint density at radius 3 is 2.67 bits per heavy atom. The number of phenolic OH excluding ortho intramolecular Hbond substituents is 1. The number of hydrogen-bond donors (Lipinski definition) is 2. The number of nitrogens with one attached hydrogen (secondary N) is 1. The van der Waals surface area contributed by atoms with E-state index in [1.165, 1.54) is 0 Å². The number of methoxy groups -OCH3 is 3. The van der Waals surface area contributed by atoms with Gasteiger partial charge < -0.3 is 24.6 Å². The molecular formula is C13H21NO4. The van der Waals surface area contributed by atoms with E-state index >= 15 is 0 Å². The van der Waals surface area contributed by atoms with E-state index in [1.807, 2.05) is 0 Å². The fourth-order valence-electron chi connectivity index (χ4n) is 1.59. The molecule has 0 aliphatic carbocycles.